The van der Waals surface area contributed by atoms with Gasteiger partial charge in [0.05, 0.1) is 6.61 Å². The number of hydrogen-bond donors (Lipinski definition) is 1. The molecule has 0 atom stereocenters. The molecule has 2 heteroatoms. The summed E-state index contributed by atoms with van der Waals surface area (Å²) in [5, 5.41) is 9.25. The second-order valence-electron chi connectivity index (χ2n) is 5.36. The van der Waals surface area contributed by atoms with E-state index in [1.54, 1.807) is 0 Å². The lowest BCUT2D eigenvalue weighted by molar-refractivity contribution is 0.0608. The lowest BCUT2D eigenvalue weighted by Gasteiger charge is -2.37. The lowest BCUT2D eigenvalue weighted by Crippen LogP contribution is -2.46. The van der Waals surface area contributed by atoms with Crippen molar-refractivity contribution in [1.82, 2.24) is 4.90 Å². The third-order valence-electron chi connectivity index (χ3n) is 3.68. The zero-order chi connectivity index (χ0) is 10.6. The molecular formula is C12H25NO. The third kappa shape index (κ3) is 3.25. The fourth-order valence-electron chi connectivity index (χ4n) is 2.12. The van der Waals surface area contributed by atoms with Gasteiger partial charge in [-0.3, -0.25) is 4.90 Å². The lowest BCUT2D eigenvalue weighted by atomic mass is 9.88. The quantitative estimate of drug-likeness (QED) is 0.751. The van der Waals surface area contributed by atoms with Gasteiger partial charge in [-0.05, 0) is 39.7 Å². The van der Waals surface area contributed by atoms with Crippen LogP contribution in [-0.4, -0.2) is 35.7 Å². The SMILES string of the molecule is CN(CC1CCCCC1)C(C)(C)CO. The normalized spacial score (nSPS) is 20.4. The number of nitrogens with zero attached hydrogens (tertiary/aromatic N) is 1. The van der Waals surface area contributed by atoms with E-state index in [2.05, 4.69) is 25.8 Å². The molecule has 14 heavy (non-hydrogen) atoms. The third-order valence-corrected chi connectivity index (χ3v) is 3.68. The van der Waals surface area contributed by atoms with Crippen molar-refractivity contribution in [3.8, 4) is 0 Å². The molecule has 84 valence electrons. The van der Waals surface area contributed by atoms with Crippen LogP contribution in [0, 0.1) is 5.92 Å². The summed E-state index contributed by atoms with van der Waals surface area (Å²) < 4.78 is 0. The Morgan fingerprint density at radius 2 is 1.79 bits per heavy atom. The molecule has 0 bridgehead atoms. The molecule has 1 fully saturated rings. The van der Waals surface area contributed by atoms with Gasteiger partial charge in [-0.15, -0.1) is 0 Å². The maximum atomic E-state index is 9.25. The highest BCUT2D eigenvalue weighted by Crippen LogP contribution is 2.25. The molecule has 0 heterocycles. The van der Waals surface area contributed by atoms with Crippen LogP contribution in [0.1, 0.15) is 46.0 Å². The van der Waals surface area contributed by atoms with Gasteiger partial charge >= 0.3 is 0 Å². The zero-order valence-corrected chi connectivity index (χ0v) is 9.92. The van der Waals surface area contributed by atoms with Gasteiger partial charge in [-0.25, -0.2) is 0 Å². The maximum absolute atomic E-state index is 9.25. The van der Waals surface area contributed by atoms with E-state index in [1.807, 2.05) is 0 Å². The van der Waals surface area contributed by atoms with Crippen molar-refractivity contribution in [3.05, 3.63) is 0 Å². The Bertz CT molecular complexity index is 162. The van der Waals surface area contributed by atoms with Crippen molar-refractivity contribution in [2.24, 2.45) is 5.92 Å². The highest BCUT2D eigenvalue weighted by molar-refractivity contribution is 4.80. The van der Waals surface area contributed by atoms with Gasteiger partial charge < -0.3 is 5.11 Å². The minimum absolute atomic E-state index is 0.0581. The van der Waals surface area contributed by atoms with Gasteiger partial charge in [0.1, 0.15) is 0 Å². The van der Waals surface area contributed by atoms with E-state index in [4.69, 9.17) is 0 Å². The Hall–Kier alpha value is -0.0800. The Labute approximate surface area is 88.3 Å². The van der Waals surface area contributed by atoms with Crippen LogP contribution < -0.4 is 0 Å². The van der Waals surface area contributed by atoms with Crippen molar-refractivity contribution >= 4 is 0 Å². The summed E-state index contributed by atoms with van der Waals surface area (Å²) in [7, 11) is 2.13. The summed E-state index contributed by atoms with van der Waals surface area (Å²) in [6, 6.07) is 0. The van der Waals surface area contributed by atoms with Crippen LogP contribution in [0.3, 0.4) is 0 Å². The number of rotatable bonds is 4. The molecule has 1 saturated carbocycles. The Morgan fingerprint density at radius 3 is 2.29 bits per heavy atom. The first-order chi connectivity index (χ1) is 6.56. The van der Waals surface area contributed by atoms with E-state index in [-0.39, 0.29) is 12.1 Å². The predicted molar refractivity (Wildman–Crippen MR) is 60.4 cm³/mol. The number of aliphatic hydroxyl groups is 1. The molecule has 1 aliphatic carbocycles. The highest BCUT2D eigenvalue weighted by atomic mass is 16.3. The largest absolute Gasteiger partial charge is 0.394 e. The number of aliphatic hydroxyl groups excluding tert-OH is 1. The molecule has 0 radical (unpaired) electrons. The van der Waals surface area contributed by atoms with Crippen molar-refractivity contribution < 1.29 is 5.11 Å². The van der Waals surface area contributed by atoms with Crippen LogP contribution in [0.5, 0.6) is 0 Å². The minimum atomic E-state index is -0.0581. The van der Waals surface area contributed by atoms with E-state index in [1.165, 1.54) is 32.1 Å². The zero-order valence-electron chi connectivity index (χ0n) is 9.92. The highest BCUT2D eigenvalue weighted by Gasteiger charge is 2.25. The summed E-state index contributed by atoms with van der Waals surface area (Å²) in [5.74, 6) is 0.861. The van der Waals surface area contributed by atoms with E-state index >= 15 is 0 Å². The number of likely N-dealkylation sites (N-methyl/N-ethyl adjacent to an activating group) is 1. The molecule has 1 aliphatic rings. The predicted octanol–water partition coefficient (Wildman–Crippen LogP) is 2.27. The first-order valence-electron chi connectivity index (χ1n) is 5.88. The van der Waals surface area contributed by atoms with E-state index in [0.29, 0.717) is 0 Å². The van der Waals surface area contributed by atoms with Crippen LogP contribution in [0.4, 0.5) is 0 Å². The van der Waals surface area contributed by atoms with E-state index in [9.17, 15) is 5.11 Å². The van der Waals surface area contributed by atoms with Crippen molar-refractivity contribution in [2.45, 2.75) is 51.5 Å². The Morgan fingerprint density at radius 1 is 1.21 bits per heavy atom. The van der Waals surface area contributed by atoms with Crippen molar-refractivity contribution in [3.63, 3.8) is 0 Å². The molecule has 1 rings (SSSR count). The molecule has 2 nitrogen and oxygen atoms in total. The molecule has 0 aromatic rings. The summed E-state index contributed by atoms with van der Waals surface area (Å²) in [6.07, 6.45) is 6.98. The fraction of sp³-hybridized carbons (Fsp3) is 1.00. The standard InChI is InChI=1S/C12H25NO/c1-12(2,10-14)13(3)9-11-7-5-4-6-8-11/h11,14H,4-10H2,1-3H3. The van der Waals surface area contributed by atoms with Gasteiger partial charge in [-0.1, -0.05) is 19.3 Å². The van der Waals surface area contributed by atoms with Gasteiger partial charge in [0, 0.05) is 12.1 Å². The van der Waals surface area contributed by atoms with Crippen molar-refractivity contribution in [1.29, 1.82) is 0 Å². The fourth-order valence-corrected chi connectivity index (χ4v) is 2.12. The molecule has 0 aromatic heterocycles. The van der Waals surface area contributed by atoms with Gasteiger partial charge in [-0.2, -0.15) is 0 Å². The molecule has 1 N–H and O–H groups in total. The Kier molecular flexibility index (Phi) is 4.39. The molecule has 0 saturated heterocycles. The monoisotopic (exact) mass is 199 g/mol. The Balaban J connectivity index is 2.34. The van der Waals surface area contributed by atoms with Crippen LogP contribution in [-0.2, 0) is 0 Å². The van der Waals surface area contributed by atoms with Gasteiger partial charge in [0.25, 0.3) is 0 Å². The summed E-state index contributed by atoms with van der Waals surface area (Å²) >= 11 is 0. The maximum Gasteiger partial charge on any atom is 0.0609 e. The van der Waals surface area contributed by atoms with E-state index < -0.39 is 0 Å². The molecule has 0 aromatic carbocycles. The van der Waals surface area contributed by atoms with Crippen LogP contribution in [0.2, 0.25) is 0 Å². The van der Waals surface area contributed by atoms with Gasteiger partial charge in [0.2, 0.25) is 0 Å². The van der Waals surface area contributed by atoms with Crippen LogP contribution in [0.15, 0.2) is 0 Å². The van der Waals surface area contributed by atoms with Gasteiger partial charge in [0.15, 0.2) is 0 Å². The molecule has 0 amide bonds. The summed E-state index contributed by atoms with van der Waals surface area (Å²) in [5.41, 5.74) is -0.0581. The van der Waals surface area contributed by atoms with Crippen molar-refractivity contribution in [2.75, 3.05) is 20.2 Å². The molecule has 0 spiro atoms. The molecule has 0 aliphatic heterocycles. The summed E-state index contributed by atoms with van der Waals surface area (Å²) in [4.78, 5) is 2.31. The topological polar surface area (TPSA) is 23.5 Å². The van der Waals surface area contributed by atoms with Crippen LogP contribution in [0.25, 0.3) is 0 Å². The first-order valence-corrected chi connectivity index (χ1v) is 5.88. The second-order valence-corrected chi connectivity index (χ2v) is 5.36. The van der Waals surface area contributed by atoms with E-state index in [0.717, 1.165) is 12.5 Å². The average Bonchev–Trinajstić information content (AvgIpc) is 2.19. The second kappa shape index (κ2) is 5.13. The molecule has 0 unspecified atom stereocenters. The van der Waals surface area contributed by atoms with Crippen LogP contribution >= 0.6 is 0 Å². The molecular weight excluding hydrogens is 174 g/mol. The minimum Gasteiger partial charge on any atom is -0.394 e. The number of hydrogen-bond acceptors (Lipinski definition) is 2. The first kappa shape index (κ1) is 12.0. The smallest absolute Gasteiger partial charge is 0.0609 e. The average molecular weight is 199 g/mol. The summed E-state index contributed by atoms with van der Waals surface area (Å²) in [6.45, 7) is 5.61.